The monoisotopic (exact) mass is 174 g/mol. The van der Waals surface area contributed by atoms with E-state index in [1.165, 1.54) is 0 Å². The van der Waals surface area contributed by atoms with Crippen LogP contribution in [0.3, 0.4) is 0 Å². The Morgan fingerprint density at radius 3 is 2.33 bits per heavy atom. The van der Waals surface area contributed by atoms with Crippen LogP contribution in [0.5, 0.6) is 0 Å². The summed E-state index contributed by atoms with van der Waals surface area (Å²) < 4.78 is 0. The van der Waals surface area contributed by atoms with Gasteiger partial charge in [0.25, 0.3) is 5.91 Å². The van der Waals surface area contributed by atoms with Crippen LogP contribution < -0.4 is 5.32 Å². The molecule has 4 heteroatoms. The molecule has 1 unspecified atom stereocenters. The average Bonchev–Trinajstić information content (AvgIpc) is 2.07. The summed E-state index contributed by atoms with van der Waals surface area (Å²) in [5, 5.41) is 12.1. The van der Waals surface area contributed by atoms with Crippen molar-refractivity contribution in [1.82, 2.24) is 10.2 Å². The first-order valence-electron chi connectivity index (χ1n) is 4.28. The number of nitrogens with zero attached hydrogens (tertiary/aromatic N) is 1. The summed E-state index contributed by atoms with van der Waals surface area (Å²) in [6, 6.07) is 0. The van der Waals surface area contributed by atoms with Crippen molar-refractivity contribution in [3.05, 3.63) is 0 Å². The molecule has 0 aromatic carbocycles. The predicted molar refractivity (Wildman–Crippen MR) is 47.9 cm³/mol. The minimum absolute atomic E-state index is 0.200. The molecule has 4 nitrogen and oxygen atoms in total. The Labute approximate surface area is 73.6 Å². The van der Waals surface area contributed by atoms with Crippen molar-refractivity contribution >= 4 is 5.91 Å². The van der Waals surface area contributed by atoms with E-state index in [0.717, 1.165) is 0 Å². The lowest BCUT2D eigenvalue weighted by atomic mass is 10.3. The van der Waals surface area contributed by atoms with Crippen molar-refractivity contribution in [1.29, 1.82) is 0 Å². The van der Waals surface area contributed by atoms with Crippen LogP contribution in [-0.2, 0) is 4.79 Å². The first kappa shape index (κ1) is 11.4. The van der Waals surface area contributed by atoms with Gasteiger partial charge in [0.05, 0.1) is 0 Å². The van der Waals surface area contributed by atoms with Gasteiger partial charge in [-0.25, -0.2) is 0 Å². The van der Waals surface area contributed by atoms with Gasteiger partial charge < -0.3 is 15.3 Å². The van der Waals surface area contributed by atoms with Gasteiger partial charge in [-0.3, -0.25) is 4.79 Å². The summed E-state index contributed by atoms with van der Waals surface area (Å²) in [7, 11) is 1.71. The first-order chi connectivity index (χ1) is 5.67. The van der Waals surface area contributed by atoms with Crippen molar-refractivity contribution in [2.45, 2.75) is 20.0 Å². The maximum absolute atomic E-state index is 11.3. The van der Waals surface area contributed by atoms with Crippen LogP contribution in [0, 0.1) is 0 Å². The molecule has 0 saturated heterocycles. The lowest BCUT2D eigenvalue weighted by Gasteiger charge is -2.21. The molecule has 0 aliphatic heterocycles. The number of aliphatic hydroxyl groups is 1. The normalized spacial score (nSPS) is 12.7. The Kier molecular flexibility index (Phi) is 5.66. The fraction of sp³-hybridized carbons (Fsp3) is 0.875. The molecular formula is C8H18N2O2. The third kappa shape index (κ3) is 3.19. The Morgan fingerprint density at radius 1 is 1.50 bits per heavy atom. The molecule has 0 aliphatic rings. The number of nitrogens with one attached hydrogen (secondary N) is 1. The molecule has 0 rings (SSSR count). The van der Waals surface area contributed by atoms with Crippen molar-refractivity contribution < 1.29 is 9.90 Å². The van der Waals surface area contributed by atoms with Crippen molar-refractivity contribution in [2.75, 3.05) is 26.7 Å². The van der Waals surface area contributed by atoms with Crippen LogP contribution in [-0.4, -0.2) is 48.7 Å². The topological polar surface area (TPSA) is 52.6 Å². The second-order valence-electron chi connectivity index (χ2n) is 2.58. The third-order valence-electron chi connectivity index (χ3n) is 1.76. The highest BCUT2D eigenvalue weighted by Gasteiger charge is 2.18. The second kappa shape index (κ2) is 5.97. The minimum atomic E-state index is -0.908. The molecule has 1 amide bonds. The van der Waals surface area contributed by atoms with Crippen molar-refractivity contribution in [3.8, 4) is 0 Å². The molecule has 72 valence electrons. The van der Waals surface area contributed by atoms with Crippen LogP contribution in [0.15, 0.2) is 0 Å². The number of hydrogen-bond donors (Lipinski definition) is 2. The van der Waals surface area contributed by atoms with Crippen molar-refractivity contribution in [2.24, 2.45) is 0 Å². The highest BCUT2D eigenvalue weighted by molar-refractivity contribution is 5.80. The van der Waals surface area contributed by atoms with Crippen LogP contribution in [0.1, 0.15) is 13.8 Å². The van der Waals surface area contributed by atoms with Gasteiger partial charge in [-0.2, -0.15) is 0 Å². The van der Waals surface area contributed by atoms with E-state index in [1.807, 2.05) is 13.8 Å². The van der Waals surface area contributed by atoms with E-state index < -0.39 is 6.10 Å². The largest absolute Gasteiger partial charge is 0.382 e. The van der Waals surface area contributed by atoms with Crippen LogP contribution >= 0.6 is 0 Å². The van der Waals surface area contributed by atoms with Crippen LogP contribution in [0.25, 0.3) is 0 Å². The summed E-state index contributed by atoms with van der Waals surface area (Å²) in [4.78, 5) is 12.9. The van der Waals surface area contributed by atoms with E-state index in [9.17, 15) is 9.90 Å². The first-order valence-corrected chi connectivity index (χ1v) is 4.28. The smallest absolute Gasteiger partial charge is 0.252 e. The SMILES string of the molecule is CCN(CC)C(=O)C(O)CNC. The maximum atomic E-state index is 11.3. The van der Waals surface area contributed by atoms with Gasteiger partial charge in [0.15, 0.2) is 0 Å². The molecule has 0 spiro atoms. The fourth-order valence-corrected chi connectivity index (χ4v) is 1.03. The molecule has 0 bridgehead atoms. The lowest BCUT2D eigenvalue weighted by Crippen LogP contribution is -2.43. The molecule has 0 heterocycles. The lowest BCUT2D eigenvalue weighted by molar-refractivity contribution is -0.139. The highest BCUT2D eigenvalue weighted by atomic mass is 16.3. The Morgan fingerprint density at radius 2 is 2.00 bits per heavy atom. The highest BCUT2D eigenvalue weighted by Crippen LogP contribution is 1.93. The zero-order valence-corrected chi connectivity index (χ0v) is 8.00. The summed E-state index contributed by atoms with van der Waals surface area (Å²) >= 11 is 0. The molecule has 0 aliphatic carbocycles. The number of carbonyl (C=O) groups is 1. The van der Waals surface area contributed by atoms with Gasteiger partial charge in [0.1, 0.15) is 6.10 Å². The standard InChI is InChI=1S/C8H18N2O2/c1-4-10(5-2)8(12)7(11)6-9-3/h7,9,11H,4-6H2,1-3H3. The number of carbonyl (C=O) groups excluding carboxylic acids is 1. The van der Waals surface area contributed by atoms with Gasteiger partial charge in [-0.1, -0.05) is 0 Å². The van der Waals surface area contributed by atoms with Crippen molar-refractivity contribution in [3.63, 3.8) is 0 Å². The molecule has 0 radical (unpaired) electrons. The third-order valence-corrected chi connectivity index (χ3v) is 1.76. The van der Waals surface area contributed by atoms with Gasteiger partial charge in [0.2, 0.25) is 0 Å². The van der Waals surface area contributed by atoms with E-state index >= 15 is 0 Å². The summed E-state index contributed by atoms with van der Waals surface area (Å²) in [5.41, 5.74) is 0. The quantitative estimate of drug-likeness (QED) is 0.587. The van der Waals surface area contributed by atoms with Gasteiger partial charge in [-0.05, 0) is 20.9 Å². The molecule has 2 N–H and O–H groups in total. The predicted octanol–water partition coefficient (Wildman–Crippen LogP) is -0.565. The van der Waals surface area contributed by atoms with Crippen LogP contribution in [0.4, 0.5) is 0 Å². The number of rotatable bonds is 5. The Bertz CT molecular complexity index is 135. The maximum Gasteiger partial charge on any atom is 0.252 e. The van der Waals surface area contributed by atoms with Gasteiger partial charge in [0, 0.05) is 19.6 Å². The van der Waals surface area contributed by atoms with E-state index in [0.29, 0.717) is 19.6 Å². The summed E-state index contributed by atoms with van der Waals surface area (Å²) in [6.07, 6.45) is -0.908. The van der Waals surface area contributed by atoms with E-state index in [-0.39, 0.29) is 5.91 Å². The van der Waals surface area contributed by atoms with E-state index in [1.54, 1.807) is 11.9 Å². The van der Waals surface area contributed by atoms with Gasteiger partial charge >= 0.3 is 0 Å². The van der Waals surface area contributed by atoms with E-state index in [2.05, 4.69) is 5.32 Å². The second-order valence-corrected chi connectivity index (χ2v) is 2.58. The zero-order valence-electron chi connectivity index (χ0n) is 8.00. The van der Waals surface area contributed by atoms with Crippen LogP contribution in [0.2, 0.25) is 0 Å². The molecule has 1 atom stereocenters. The van der Waals surface area contributed by atoms with E-state index in [4.69, 9.17) is 0 Å². The molecular weight excluding hydrogens is 156 g/mol. The number of hydrogen-bond acceptors (Lipinski definition) is 3. The summed E-state index contributed by atoms with van der Waals surface area (Å²) in [6.45, 7) is 5.41. The number of aliphatic hydroxyl groups excluding tert-OH is 1. The average molecular weight is 174 g/mol. The van der Waals surface area contributed by atoms with Gasteiger partial charge in [-0.15, -0.1) is 0 Å². The molecule has 0 fully saturated rings. The minimum Gasteiger partial charge on any atom is -0.382 e. The summed E-state index contributed by atoms with van der Waals surface area (Å²) in [5.74, 6) is -0.200. The molecule has 0 aromatic heterocycles. The number of likely N-dealkylation sites (N-methyl/N-ethyl adjacent to an activating group) is 2. The zero-order chi connectivity index (χ0) is 9.56. The molecule has 0 saturated carbocycles. The Balaban J connectivity index is 3.97. The molecule has 12 heavy (non-hydrogen) atoms. The molecule has 0 aromatic rings. The number of amides is 1. The Hall–Kier alpha value is -0.610. The fourth-order valence-electron chi connectivity index (χ4n) is 1.03.